The molecular weight excluding hydrogens is 574 g/mol. The molecule has 3 aliphatic rings. The molecule has 0 fully saturated rings. The Morgan fingerprint density at radius 2 is 1.13 bits per heavy atom. The molecule has 1 aromatic heterocycles. The third kappa shape index (κ3) is 4.93. The van der Waals surface area contributed by atoms with E-state index in [4.69, 9.17) is 24.9 Å². The van der Waals surface area contributed by atoms with Crippen LogP contribution in [0.25, 0.3) is 50.6 Å². The number of nitrogens with zero attached hydrogens (tertiary/aromatic N) is 5. The molecule has 5 nitrogen and oxygen atoms in total. The van der Waals surface area contributed by atoms with Crippen molar-refractivity contribution in [3.63, 3.8) is 0 Å². The van der Waals surface area contributed by atoms with E-state index in [9.17, 15) is 0 Å². The highest BCUT2D eigenvalue weighted by molar-refractivity contribution is 6.23. The van der Waals surface area contributed by atoms with Crippen molar-refractivity contribution in [2.45, 2.75) is 18.9 Å². The molecule has 5 aromatic carbocycles. The van der Waals surface area contributed by atoms with Crippen LogP contribution in [0.4, 0.5) is 0 Å². The van der Waals surface area contributed by atoms with Crippen LogP contribution in [0, 0.1) is 0 Å². The summed E-state index contributed by atoms with van der Waals surface area (Å²) in [6.45, 7) is 0. The van der Waals surface area contributed by atoms with Crippen LogP contribution in [0.1, 0.15) is 41.4 Å². The van der Waals surface area contributed by atoms with Gasteiger partial charge in [-0.15, -0.1) is 0 Å². The van der Waals surface area contributed by atoms with Crippen LogP contribution in [-0.2, 0) is 0 Å². The molecule has 0 amide bonds. The molecule has 0 saturated carbocycles. The Balaban J connectivity index is 1.10. The smallest absolute Gasteiger partial charge is 0.164 e. The van der Waals surface area contributed by atoms with Crippen molar-refractivity contribution in [2.24, 2.45) is 9.98 Å². The molecule has 1 atom stereocenters. The van der Waals surface area contributed by atoms with E-state index in [0.29, 0.717) is 11.6 Å². The van der Waals surface area contributed by atoms with E-state index in [-0.39, 0.29) is 6.04 Å². The topological polar surface area (TPSA) is 63.4 Å². The van der Waals surface area contributed by atoms with Gasteiger partial charge in [-0.2, -0.15) is 0 Å². The average molecular weight is 604 g/mol. The van der Waals surface area contributed by atoms with Crippen molar-refractivity contribution in [1.29, 1.82) is 0 Å². The van der Waals surface area contributed by atoms with Gasteiger partial charge in [-0.1, -0.05) is 133 Å². The van der Waals surface area contributed by atoms with Gasteiger partial charge in [-0.25, -0.2) is 19.9 Å². The molecule has 2 heterocycles. The maximum Gasteiger partial charge on any atom is 0.164 e. The van der Waals surface area contributed by atoms with E-state index in [1.165, 1.54) is 16.7 Å². The number of fused-ring (bicyclic) bond motifs is 6. The van der Waals surface area contributed by atoms with Crippen LogP contribution in [0.15, 0.2) is 156 Å². The second-order valence-electron chi connectivity index (χ2n) is 12.0. The van der Waals surface area contributed by atoms with E-state index in [1.807, 2.05) is 30.3 Å². The Morgan fingerprint density at radius 1 is 0.511 bits per heavy atom. The summed E-state index contributed by atoms with van der Waals surface area (Å²) in [6, 6.07) is 44.0. The highest BCUT2D eigenvalue weighted by Crippen LogP contribution is 2.43. The lowest BCUT2D eigenvalue weighted by Gasteiger charge is -2.24. The van der Waals surface area contributed by atoms with Crippen LogP contribution >= 0.6 is 0 Å². The maximum absolute atomic E-state index is 5.19. The van der Waals surface area contributed by atoms with Gasteiger partial charge in [-0.05, 0) is 58.4 Å². The van der Waals surface area contributed by atoms with E-state index in [2.05, 4.69) is 115 Å². The van der Waals surface area contributed by atoms with Crippen LogP contribution in [0.3, 0.4) is 0 Å². The summed E-state index contributed by atoms with van der Waals surface area (Å²) in [6.07, 6.45) is 8.27. The lowest BCUT2D eigenvalue weighted by Crippen LogP contribution is -2.16. The molecule has 47 heavy (non-hydrogen) atoms. The molecular formula is C42H29N5. The minimum Gasteiger partial charge on any atom is -0.251 e. The molecule has 0 bridgehead atoms. The van der Waals surface area contributed by atoms with Crippen LogP contribution < -0.4 is 0 Å². The third-order valence-electron chi connectivity index (χ3n) is 9.03. The highest BCUT2D eigenvalue weighted by Gasteiger charge is 2.34. The fraction of sp³-hybridized carbons (Fsp3) is 0.0714. The molecule has 0 spiro atoms. The second kappa shape index (κ2) is 11.4. The predicted octanol–water partition coefficient (Wildman–Crippen LogP) is 9.58. The second-order valence-corrected chi connectivity index (χ2v) is 12.0. The first-order valence-electron chi connectivity index (χ1n) is 16.0. The number of hydrogen-bond donors (Lipinski definition) is 0. The van der Waals surface area contributed by atoms with Crippen molar-refractivity contribution < 1.29 is 0 Å². The minimum atomic E-state index is -0.102. The summed E-state index contributed by atoms with van der Waals surface area (Å²) in [5.41, 5.74) is 12.0. The Hall–Kier alpha value is -6.07. The number of allylic oxidation sites excluding steroid dienone is 4. The number of hydrogen-bond acceptors (Lipinski definition) is 5. The van der Waals surface area contributed by atoms with Gasteiger partial charge in [0.05, 0.1) is 5.71 Å². The molecule has 2 aliphatic carbocycles. The summed E-state index contributed by atoms with van der Waals surface area (Å²) >= 11 is 0. The van der Waals surface area contributed by atoms with E-state index in [0.717, 1.165) is 69.2 Å². The molecule has 0 saturated heterocycles. The van der Waals surface area contributed by atoms with Gasteiger partial charge in [0.2, 0.25) is 0 Å². The van der Waals surface area contributed by atoms with Gasteiger partial charge in [0, 0.05) is 22.3 Å². The number of rotatable bonds is 5. The Morgan fingerprint density at radius 3 is 1.91 bits per heavy atom. The predicted molar refractivity (Wildman–Crippen MR) is 190 cm³/mol. The van der Waals surface area contributed by atoms with E-state index >= 15 is 0 Å². The highest BCUT2D eigenvalue weighted by atomic mass is 15.0. The number of aromatic nitrogens is 3. The van der Waals surface area contributed by atoms with Crippen molar-refractivity contribution in [2.75, 3.05) is 0 Å². The fourth-order valence-electron chi connectivity index (χ4n) is 6.70. The van der Waals surface area contributed by atoms with Crippen molar-refractivity contribution in [3.05, 3.63) is 168 Å². The van der Waals surface area contributed by atoms with Gasteiger partial charge in [0.1, 0.15) is 6.04 Å². The minimum absolute atomic E-state index is 0.102. The van der Waals surface area contributed by atoms with Crippen LogP contribution in [0.2, 0.25) is 0 Å². The molecule has 5 heteroatoms. The molecule has 6 aromatic rings. The van der Waals surface area contributed by atoms with Gasteiger partial charge in [0.15, 0.2) is 23.3 Å². The zero-order valence-corrected chi connectivity index (χ0v) is 25.6. The quantitative estimate of drug-likeness (QED) is 0.197. The van der Waals surface area contributed by atoms with E-state index in [1.54, 1.807) is 0 Å². The molecule has 222 valence electrons. The van der Waals surface area contributed by atoms with Crippen molar-refractivity contribution >= 4 is 17.1 Å². The maximum atomic E-state index is 5.19. The Kier molecular flexibility index (Phi) is 6.60. The van der Waals surface area contributed by atoms with Gasteiger partial charge < -0.3 is 0 Å². The number of aliphatic imine (C=N–C) groups is 2. The summed E-state index contributed by atoms with van der Waals surface area (Å²) in [7, 11) is 0. The molecule has 1 unspecified atom stereocenters. The largest absolute Gasteiger partial charge is 0.251 e. The summed E-state index contributed by atoms with van der Waals surface area (Å²) in [5, 5.41) is 0. The van der Waals surface area contributed by atoms with Crippen LogP contribution in [0.5, 0.6) is 0 Å². The Bertz CT molecular complexity index is 2310. The summed E-state index contributed by atoms with van der Waals surface area (Å²) < 4.78 is 0. The number of benzene rings is 5. The van der Waals surface area contributed by atoms with Crippen molar-refractivity contribution in [3.8, 4) is 45.0 Å². The molecule has 0 N–H and O–H groups in total. The number of amidine groups is 1. The fourth-order valence-corrected chi connectivity index (χ4v) is 6.70. The standard InChI is InChI=1S/C42H29N5/c1-3-13-27(14-4-1)39-45-40(28-15-5-2-6-16-28)47-42(46-39)32-20-12-18-30(26-32)29-17-11-19-31(25-29)41-43-37-35-23-9-7-21-33(35)34-22-8-10-24-36(34)38(37)44-41/h1-5,7-15,17-26,37H,6,16H2. The molecule has 9 rings (SSSR count). The van der Waals surface area contributed by atoms with Crippen molar-refractivity contribution in [1.82, 2.24) is 15.0 Å². The third-order valence-corrected chi connectivity index (χ3v) is 9.03. The monoisotopic (exact) mass is 603 g/mol. The Labute approximate surface area is 273 Å². The van der Waals surface area contributed by atoms with Gasteiger partial charge in [0.25, 0.3) is 0 Å². The lowest BCUT2D eigenvalue weighted by atomic mass is 9.82. The van der Waals surface area contributed by atoms with Gasteiger partial charge >= 0.3 is 0 Å². The zero-order chi connectivity index (χ0) is 31.2. The first-order chi connectivity index (χ1) is 23.3. The summed E-state index contributed by atoms with van der Waals surface area (Å²) in [4.78, 5) is 25.2. The first-order valence-corrected chi connectivity index (χ1v) is 16.0. The lowest BCUT2D eigenvalue weighted by molar-refractivity contribution is 0.978. The van der Waals surface area contributed by atoms with E-state index < -0.39 is 0 Å². The zero-order valence-electron chi connectivity index (χ0n) is 25.6. The van der Waals surface area contributed by atoms with Gasteiger partial charge in [-0.3, -0.25) is 4.99 Å². The average Bonchev–Trinajstić information content (AvgIpc) is 3.62. The SMILES string of the molecule is C1=CCCC(c2nc(-c3ccccc3)nc(-c3cccc(-c4cccc(C5=NC6C(=N5)c5ccccc5-c5ccccc56)c4)c3)n2)=C1. The summed E-state index contributed by atoms with van der Waals surface area (Å²) in [5.74, 6) is 2.83. The molecule has 0 radical (unpaired) electrons. The normalized spacial score (nSPS) is 16.0. The molecule has 1 aliphatic heterocycles. The first kappa shape index (κ1) is 27.3. The van der Waals surface area contributed by atoms with Crippen LogP contribution in [-0.4, -0.2) is 26.5 Å².